The molecule has 1 amide bonds. The highest BCUT2D eigenvalue weighted by Crippen LogP contribution is 2.33. The fourth-order valence-electron chi connectivity index (χ4n) is 3.70. The van der Waals surface area contributed by atoms with Crippen LogP contribution in [0.1, 0.15) is 60.0 Å². The van der Waals surface area contributed by atoms with Gasteiger partial charge in [-0.2, -0.15) is 5.10 Å². The number of rotatable bonds is 4. The summed E-state index contributed by atoms with van der Waals surface area (Å²) in [6.45, 7) is 4.18. The van der Waals surface area contributed by atoms with E-state index in [2.05, 4.69) is 23.9 Å². The van der Waals surface area contributed by atoms with Crippen LogP contribution in [0.25, 0.3) is 0 Å². The molecular formula is C19H26N4O2. The van der Waals surface area contributed by atoms with Crippen LogP contribution >= 0.6 is 0 Å². The number of aryl methyl sites for hydroxylation is 1. The summed E-state index contributed by atoms with van der Waals surface area (Å²) in [6.07, 6.45) is 5.56. The van der Waals surface area contributed by atoms with E-state index in [4.69, 9.17) is 0 Å². The Hall–Kier alpha value is -2.37. The van der Waals surface area contributed by atoms with Gasteiger partial charge in [0, 0.05) is 42.7 Å². The van der Waals surface area contributed by atoms with Gasteiger partial charge in [0.05, 0.1) is 12.2 Å². The second kappa shape index (κ2) is 6.86. The summed E-state index contributed by atoms with van der Waals surface area (Å²) < 4.78 is 1.90. The predicted molar refractivity (Wildman–Crippen MR) is 96.6 cm³/mol. The first-order valence-corrected chi connectivity index (χ1v) is 8.88. The second-order valence-electron chi connectivity index (χ2n) is 7.35. The van der Waals surface area contributed by atoms with Crippen molar-refractivity contribution in [3.63, 3.8) is 0 Å². The molecule has 0 aromatic carbocycles. The standard InChI is InChI=1S/C19H26N4O2/c1-12(2)8-14-9-13(10-18(24)21-14)19(25)22(3)16-6-5-7-17-15(16)11-20-23(17)4/h9-12,16H,5-8H2,1-4H3,(H,21,24). The van der Waals surface area contributed by atoms with Gasteiger partial charge in [0.25, 0.3) is 5.91 Å². The van der Waals surface area contributed by atoms with Gasteiger partial charge in [-0.15, -0.1) is 0 Å². The van der Waals surface area contributed by atoms with Crippen LogP contribution in [0.5, 0.6) is 0 Å². The molecule has 1 aliphatic carbocycles. The molecule has 0 aliphatic heterocycles. The summed E-state index contributed by atoms with van der Waals surface area (Å²) in [5, 5.41) is 4.35. The van der Waals surface area contributed by atoms with E-state index in [9.17, 15) is 9.59 Å². The number of hydrogen-bond donors (Lipinski definition) is 1. The minimum Gasteiger partial charge on any atom is -0.335 e. The average molecular weight is 342 g/mol. The highest BCUT2D eigenvalue weighted by molar-refractivity contribution is 5.94. The number of aromatic amines is 1. The number of pyridine rings is 1. The summed E-state index contributed by atoms with van der Waals surface area (Å²) in [7, 11) is 3.76. The van der Waals surface area contributed by atoms with E-state index < -0.39 is 0 Å². The molecule has 25 heavy (non-hydrogen) atoms. The molecule has 2 aromatic rings. The van der Waals surface area contributed by atoms with E-state index in [-0.39, 0.29) is 17.5 Å². The molecule has 3 rings (SSSR count). The lowest BCUT2D eigenvalue weighted by molar-refractivity contribution is 0.0714. The summed E-state index contributed by atoms with van der Waals surface area (Å²) in [5.74, 6) is 0.299. The van der Waals surface area contributed by atoms with Crippen LogP contribution in [0.15, 0.2) is 23.1 Å². The molecule has 1 unspecified atom stereocenters. The van der Waals surface area contributed by atoms with Crippen molar-refractivity contribution < 1.29 is 4.79 Å². The quantitative estimate of drug-likeness (QED) is 0.928. The fourth-order valence-corrected chi connectivity index (χ4v) is 3.70. The van der Waals surface area contributed by atoms with Crippen LogP contribution in [0.3, 0.4) is 0 Å². The van der Waals surface area contributed by atoms with Gasteiger partial charge in [-0.3, -0.25) is 14.3 Å². The molecule has 6 nitrogen and oxygen atoms in total. The van der Waals surface area contributed by atoms with Crippen molar-refractivity contribution in [2.75, 3.05) is 7.05 Å². The topological polar surface area (TPSA) is 71.0 Å². The summed E-state index contributed by atoms with van der Waals surface area (Å²) in [4.78, 5) is 29.5. The van der Waals surface area contributed by atoms with Crippen molar-refractivity contribution >= 4 is 5.91 Å². The Bertz CT molecular complexity index is 834. The van der Waals surface area contributed by atoms with Gasteiger partial charge in [-0.25, -0.2) is 0 Å². The number of nitrogens with one attached hydrogen (secondary N) is 1. The van der Waals surface area contributed by atoms with Gasteiger partial charge < -0.3 is 9.88 Å². The van der Waals surface area contributed by atoms with Gasteiger partial charge in [0.2, 0.25) is 5.56 Å². The predicted octanol–water partition coefficient (Wildman–Crippen LogP) is 2.46. The Kier molecular flexibility index (Phi) is 4.79. The normalized spacial score (nSPS) is 16.8. The summed E-state index contributed by atoms with van der Waals surface area (Å²) in [5.41, 5.74) is 3.36. The minimum atomic E-state index is -0.222. The average Bonchev–Trinajstić information content (AvgIpc) is 2.94. The van der Waals surface area contributed by atoms with E-state index in [1.54, 1.807) is 4.90 Å². The third-order valence-corrected chi connectivity index (χ3v) is 4.91. The second-order valence-corrected chi connectivity index (χ2v) is 7.35. The molecule has 1 atom stereocenters. The van der Waals surface area contributed by atoms with Crippen molar-refractivity contribution in [3.8, 4) is 0 Å². The van der Waals surface area contributed by atoms with Crippen LogP contribution in [-0.2, 0) is 19.9 Å². The zero-order valence-corrected chi connectivity index (χ0v) is 15.4. The number of nitrogens with zero attached hydrogens (tertiary/aromatic N) is 3. The Morgan fingerprint density at radius 3 is 2.92 bits per heavy atom. The Labute approximate surface area is 147 Å². The summed E-state index contributed by atoms with van der Waals surface area (Å²) >= 11 is 0. The molecular weight excluding hydrogens is 316 g/mol. The van der Waals surface area contributed by atoms with E-state index in [0.717, 1.165) is 36.9 Å². The number of carbonyl (C=O) groups excluding carboxylic acids is 1. The van der Waals surface area contributed by atoms with E-state index in [1.165, 1.54) is 11.8 Å². The maximum Gasteiger partial charge on any atom is 0.254 e. The number of hydrogen-bond acceptors (Lipinski definition) is 3. The minimum absolute atomic E-state index is 0.0118. The number of H-pyrrole nitrogens is 1. The molecule has 6 heteroatoms. The lowest BCUT2D eigenvalue weighted by atomic mass is 9.91. The van der Waals surface area contributed by atoms with Crippen LogP contribution in [-0.4, -0.2) is 32.6 Å². The van der Waals surface area contributed by atoms with Crippen LogP contribution in [0, 0.1) is 5.92 Å². The molecule has 0 bridgehead atoms. The molecule has 1 aliphatic rings. The smallest absolute Gasteiger partial charge is 0.254 e. The molecule has 0 radical (unpaired) electrons. The summed E-state index contributed by atoms with van der Waals surface area (Å²) in [6, 6.07) is 3.22. The molecule has 1 N–H and O–H groups in total. The van der Waals surface area contributed by atoms with Gasteiger partial charge >= 0.3 is 0 Å². The maximum atomic E-state index is 13.0. The van der Waals surface area contributed by atoms with Gasteiger partial charge in [-0.1, -0.05) is 13.8 Å². The van der Waals surface area contributed by atoms with E-state index >= 15 is 0 Å². The Morgan fingerprint density at radius 1 is 1.44 bits per heavy atom. The van der Waals surface area contributed by atoms with Crippen molar-refractivity contribution in [2.24, 2.45) is 13.0 Å². The SMILES string of the molecule is CC(C)Cc1cc(C(=O)N(C)C2CCCc3c2cnn3C)cc(=O)[nH]1. The third kappa shape index (κ3) is 3.52. The zero-order valence-electron chi connectivity index (χ0n) is 15.4. The van der Waals surface area contributed by atoms with Crippen molar-refractivity contribution in [2.45, 2.75) is 45.6 Å². The molecule has 2 heterocycles. The first kappa shape index (κ1) is 17.5. The highest BCUT2D eigenvalue weighted by atomic mass is 16.2. The van der Waals surface area contributed by atoms with Crippen LogP contribution in [0.4, 0.5) is 0 Å². The van der Waals surface area contributed by atoms with Crippen molar-refractivity contribution in [3.05, 3.63) is 51.2 Å². The first-order valence-electron chi connectivity index (χ1n) is 8.88. The van der Waals surface area contributed by atoms with E-state index in [0.29, 0.717) is 11.5 Å². The Balaban J connectivity index is 1.89. The number of carbonyl (C=O) groups is 1. The van der Waals surface area contributed by atoms with Gasteiger partial charge in [0.1, 0.15) is 0 Å². The molecule has 0 spiro atoms. The van der Waals surface area contributed by atoms with E-state index in [1.807, 2.05) is 31.0 Å². The third-order valence-electron chi connectivity index (χ3n) is 4.91. The fraction of sp³-hybridized carbons (Fsp3) is 0.526. The molecule has 0 saturated heterocycles. The van der Waals surface area contributed by atoms with Crippen LogP contribution < -0.4 is 5.56 Å². The first-order chi connectivity index (χ1) is 11.9. The molecule has 0 saturated carbocycles. The molecule has 0 fully saturated rings. The maximum absolute atomic E-state index is 13.0. The zero-order chi connectivity index (χ0) is 18.1. The lowest BCUT2D eigenvalue weighted by Crippen LogP contribution is -2.34. The monoisotopic (exact) mass is 342 g/mol. The molecule has 2 aromatic heterocycles. The number of amides is 1. The Morgan fingerprint density at radius 2 is 2.20 bits per heavy atom. The van der Waals surface area contributed by atoms with Gasteiger partial charge in [0.15, 0.2) is 0 Å². The highest BCUT2D eigenvalue weighted by Gasteiger charge is 2.29. The number of fused-ring (bicyclic) bond motifs is 1. The molecule has 134 valence electrons. The van der Waals surface area contributed by atoms with Crippen LogP contribution in [0.2, 0.25) is 0 Å². The number of aromatic nitrogens is 3. The largest absolute Gasteiger partial charge is 0.335 e. The van der Waals surface area contributed by atoms with Crippen molar-refractivity contribution in [1.82, 2.24) is 19.7 Å². The van der Waals surface area contributed by atoms with Gasteiger partial charge in [-0.05, 0) is 37.7 Å². The van der Waals surface area contributed by atoms with Crippen molar-refractivity contribution in [1.29, 1.82) is 0 Å². The lowest BCUT2D eigenvalue weighted by Gasteiger charge is -2.31.